The summed E-state index contributed by atoms with van der Waals surface area (Å²) in [4.78, 5) is 23.1. The highest BCUT2D eigenvalue weighted by molar-refractivity contribution is 5.83. The second-order valence-corrected chi connectivity index (χ2v) is 7.72. The molecule has 5 nitrogen and oxygen atoms in total. The molecule has 0 saturated heterocycles. The Morgan fingerprint density at radius 3 is 2.00 bits per heavy atom. The summed E-state index contributed by atoms with van der Waals surface area (Å²) in [6.45, 7) is 2.80. The summed E-state index contributed by atoms with van der Waals surface area (Å²) in [6.07, 6.45) is 21.5. The van der Waals surface area contributed by atoms with E-state index in [9.17, 15) is 9.59 Å². The average Bonchev–Trinajstić information content (AvgIpc) is 2.67. The molecule has 0 heterocycles. The van der Waals surface area contributed by atoms with E-state index in [2.05, 4.69) is 24.4 Å². The molecule has 0 rings (SSSR count). The molecule has 5 heteroatoms. The normalized spacial score (nSPS) is 12.4. The molecule has 0 bridgehead atoms. The van der Waals surface area contributed by atoms with Crippen molar-refractivity contribution in [2.45, 2.75) is 116 Å². The zero-order chi connectivity index (χ0) is 20.9. The van der Waals surface area contributed by atoms with Crippen LogP contribution in [0.25, 0.3) is 0 Å². The smallest absolute Gasteiger partial charge is 0.326 e. The van der Waals surface area contributed by atoms with Gasteiger partial charge in [-0.2, -0.15) is 0 Å². The Bertz CT molecular complexity index is 411. The third-order valence-electron chi connectivity index (χ3n) is 5.00. The number of rotatable bonds is 20. The minimum atomic E-state index is -0.959. The monoisotopic (exact) mass is 396 g/mol. The van der Waals surface area contributed by atoms with E-state index >= 15 is 0 Å². The van der Waals surface area contributed by atoms with Crippen LogP contribution in [-0.4, -0.2) is 29.6 Å². The lowest BCUT2D eigenvalue weighted by atomic mass is 10.1. The standard InChI is InChI=1S/C23H44N2O3/c1-2-3-4-5-6-7-8-9-10-11-12-13-14-15-19-22(26)25-21(23(27)28)18-16-17-20-24/h8-9,21H,2-7,10-20,24H2,1H3,(H,25,26)(H,27,28)/b9-8-/t21-/m0/s1. The first kappa shape index (κ1) is 26.6. The van der Waals surface area contributed by atoms with Gasteiger partial charge >= 0.3 is 5.97 Å². The summed E-state index contributed by atoms with van der Waals surface area (Å²) in [5.74, 6) is -1.11. The second-order valence-electron chi connectivity index (χ2n) is 7.72. The van der Waals surface area contributed by atoms with Crippen molar-refractivity contribution in [3.63, 3.8) is 0 Å². The Morgan fingerprint density at radius 1 is 0.857 bits per heavy atom. The number of amides is 1. The van der Waals surface area contributed by atoms with Crippen LogP contribution in [0.5, 0.6) is 0 Å². The van der Waals surface area contributed by atoms with Crippen molar-refractivity contribution in [3.05, 3.63) is 12.2 Å². The summed E-state index contributed by atoms with van der Waals surface area (Å²) in [6, 6.07) is -0.780. The van der Waals surface area contributed by atoms with Gasteiger partial charge in [0.15, 0.2) is 0 Å². The molecule has 0 aromatic rings. The lowest BCUT2D eigenvalue weighted by molar-refractivity contribution is -0.142. The SMILES string of the molecule is CCCCCCC/C=C\CCCCCCCC(=O)N[C@@H](CCCCN)C(=O)O. The van der Waals surface area contributed by atoms with Gasteiger partial charge in [-0.25, -0.2) is 4.79 Å². The van der Waals surface area contributed by atoms with Crippen LogP contribution < -0.4 is 11.1 Å². The van der Waals surface area contributed by atoms with E-state index in [0.29, 0.717) is 19.4 Å². The van der Waals surface area contributed by atoms with E-state index in [4.69, 9.17) is 10.8 Å². The number of carbonyl (C=O) groups excluding carboxylic acids is 1. The molecular formula is C23H44N2O3. The molecule has 0 unspecified atom stereocenters. The van der Waals surface area contributed by atoms with E-state index in [1.165, 1.54) is 51.4 Å². The molecular weight excluding hydrogens is 352 g/mol. The Balaban J connectivity index is 3.53. The number of carbonyl (C=O) groups is 2. The minimum Gasteiger partial charge on any atom is -0.480 e. The number of unbranched alkanes of at least 4 members (excludes halogenated alkanes) is 11. The number of allylic oxidation sites excluding steroid dienone is 2. The largest absolute Gasteiger partial charge is 0.480 e. The van der Waals surface area contributed by atoms with E-state index in [0.717, 1.165) is 38.5 Å². The number of aliphatic carboxylic acids is 1. The number of nitrogens with two attached hydrogens (primary N) is 1. The van der Waals surface area contributed by atoms with Crippen LogP contribution >= 0.6 is 0 Å². The highest BCUT2D eigenvalue weighted by atomic mass is 16.4. The molecule has 1 atom stereocenters. The Morgan fingerprint density at radius 2 is 1.43 bits per heavy atom. The number of carboxylic acids is 1. The number of nitrogens with one attached hydrogen (secondary N) is 1. The average molecular weight is 397 g/mol. The van der Waals surface area contributed by atoms with Gasteiger partial charge in [0.2, 0.25) is 5.91 Å². The maximum absolute atomic E-state index is 11.9. The molecule has 0 aliphatic rings. The molecule has 0 aromatic heterocycles. The third kappa shape index (κ3) is 18.0. The zero-order valence-corrected chi connectivity index (χ0v) is 18.1. The molecule has 4 N–H and O–H groups in total. The van der Waals surface area contributed by atoms with Crippen molar-refractivity contribution in [2.24, 2.45) is 5.73 Å². The fraction of sp³-hybridized carbons (Fsp3) is 0.826. The lowest BCUT2D eigenvalue weighted by Crippen LogP contribution is -2.40. The molecule has 1 amide bonds. The third-order valence-corrected chi connectivity index (χ3v) is 5.00. The van der Waals surface area contributed by atoms with Gasteiger partial charge in [0, 0.05) is 6.42 Å². The van der Waals surface area contributed by atoms with E-state index in [-0.39, 0.29) is 5.91 Å². The topological polar surface area (TPSA) is 92.4 Å². The molecule has 0 aliphatic heterocycles. The molecule has 0 spiro atoms. The molecule has 0 saturated carbocycles. The van der Waals surface area contributed by atoms with Crippen molar-refractivity contribution in [3.8, 4) is 0 Å². The van der Waals surface area contributed by atoms with Crippen LogP contribution in [0.3, 0.4) is 0 Å². The second kappa shape index (κ2) is 20.4. The summed E-state index contributed by atoms with van der Waals surface area (Å²) in [5, 5.41) is 11.8. The van der Waals surface area contributed by atoms with Gasteiger partial charge in [-0.15, -0.1) is 0 Å². The van der Waals surface area contributed by atoms with Gasteiger partial charge in [0.1, 0.15) is 6.04 Å². The van der Waals surface area contributed by atoms with Gasteiger partial charge in [0.05, 0.1) is 0 Å². The van der Waals surface area contributed by atoms with Gasteiger partial charge < -0.3 is 16.2 Å². The van der Waals surface area contributed by atoms with Crippen LogP contribution in [0.1, 0.15) is 110 Å². The maximum Gasteiger partial charge on any atom is 0.326 e. The summed E-state index contributed by atoms with van der Waals surface area (Å²) >= 11 is 0. The van der Waals surface area contributed by atoms with Crippen LogP contribution in [0, 0.1) is 0 Å². The highest BCUT2D eigenvalue weighted by Crippen LogP contribution is 2.10. The van der Waals surface area contributed by atoms with E-state index < -0.39 is 12.0 Å². The first-order chi connectivity index (χ1) is 13.6. The number of carboxylic acid groups (broad SMARTS) is 1. The van der Waals surface area contributed by atoms with Gasteiger partial charge in [0.25, 0.3) is 0 Å². The molecule has 28 heavy (non-hydrogen) atoms. The first-order valence-corrected chi connectivity index (χ1v) is 11.5. The predicted octanol–water partition coefficient (Wildman–Crippen LogP) is 5.33. The maximum atomic E-state index is 11.9. The summed E-state index contributed by atoms with van der Waals surface area (Å²) < 4.78 is 0. The molecule has 0 radical (unpaired) electrons. The van der Waals surface area contributed by atoms with Crippen molar-refractivity contribution in [2.75, 3.05) is 6.54 Å². The van der Waals surface area contributed by atoms with Gasteiger partial charge in [-0.1, -0.05) is 64.0 Å². The quantitative estimate of drug-likeness (QED) is 0.191. The highest BCUT2D eigenvalue weighted by Gasteiger charge is 2.18. The van der Waals surface area contributed by atoms with Gasteiger partial charge in [-0.3, -0.25) is 4.79 Å². The predicted molar refractivity (Wildman–Crippen MR) is 117 cm³/mol. The van der Waals surface area contributed by atoms with Gasteiger partial charge in [-0.05, 0) is 57.9 Å². The Labute approximate surface area is 172 Å². The first-order valence-electron chi connectivity index (χ1n) is 11.5. The van der Waals surface area contributed by atoms with E-state index in [1.807, 2.05) is 0 Å². The van der Waals surface area contributed by atoms with Crippen LogP contribution in [0.15, 0.2) is 12.2 Å². The summed E-state index contributed by atoms with van der Waals surface area (Å²) in [5.41, 5.74) is 5.42. The minimum absolute atomic E-state index is 0.151. The van der Waals surface area contributed by atoms with Crippen molar-refractivity contribution >= 4 is 11.9 Å². The fourth-order valence-corrected chi connectivity index (χ4v) is 3.20. The zero-order valence-electron chi connectivity index (χ0n) is 18.1. The fourth-order valence-electron chi connectivity index (χ4n) is 3.20. The van der Waals surface area contributed by atoms with Crippen LogP contribution in [-0.2, 0) is 9.59 Å². The number of hydrogen-bond donors (Lipinski definition) is 3. The molecule has 0 aliphatic carbocycles. The Hall–Kier alpha value is -1.36. The molecule has 164 valence electrons. The molecule has 0 fully saturated rings. The molecule has 0 aromatic carbocycles. The van der Waals surface area contributed by atoms with Crippen molar-refractivity contribution in [1.29, 1.82) is 0 Å². The lowest BCUT2D eigenvalue weighted by Gasteiger charge is -2.14. The summed E-state index contributed by atoms with van der Waals surface area (Å²) in [7, 11) is 0. The van der Waals surface area contributed by atoms with Crippen LogP contribution in [0.4, 0.5) is 0 Å². The van der Waals surface area contributed by atoms with Crippen LogP contribution in [0.2, 0.25) is 0 Å². The van der Waals surface area contributed by atoms with E-state index in [1.54, 1.807) is 0 Å². The number of hydrogen-bond acceptors (Lipinski definition) is 3. The Kier molecular flexibility index (Phi) is 19.4. The van der Waals surface area contributed by atoms with Crippen molar-refractivity contribution in [1.82, 2.24) is 5.32 Å². The van der Waals surface area contributed by atoms with Crippen molar-refractivity contribution < 1.29 is 14.7 Å².